The zero-order valence-electron chi connectivity index (χ0n) is 30.0. The van der Waals surface area contributed by atoms with Crippen LogP contribution in [0.25, 0.3) is 99.0 Å². The van der Waals surface area contributed by atoms with Gasteiger partial charge in [0, 0.05) is 66.7 Å². The molecule has 0 unspecified atom stereocenters. The summed E-state index contributed by atoms with van der Waals surface area (Å²) in [6.07, 6.45) is 0. The topological polar surface area (TPSA) is 58.2 Å². The molecule has 0 saturated carbocycles. The number of nitrogens with zero attached hydrogens (tertiary/aromatic N) is 2. The van der Waals surface area contributed by atoms with E-state index in [9.17, 15) is 0 Å². The van der Waals surface area contributed by atoms with E-state index in [4.69, 9.17) is 13.8 Å². The SMILES string of the molecule is c1ccc(-c2ccc(-c3nc4ccc5ccc6ccc(N(c7ccc8c(c7)[nH]c7ccccc78)c7ccc8c(c7)oc7ccccc78)cc6c5c4o3)cc2)cc1. The zero-order chi connectivity index (χ0) is 36.7. The molecule has 262 valence electrons. The normalized spacial score (nSPS) is 11.9. The van der Waals surface area contributed by atoms with Gasteiger partial charge in [-0.3, -0.25) is 0 Å². The van der Waals surface area contributed by atoms with Crippen LogP contribution in [0.3, 0.4) is 0 Å². The number of aromatic amines is 1. The third-order valence-electron chi connectivity index (χ3n) is 11.2. The van der Waals surface area contributed by atoms with Crippen LogP contribution in [0.5, 0.6) is 0 Å². The third-order valence-corrected chi connectivity index (χ3v) is 11.2. The Hall–Kier alpha value is -7.63. The molecule has 56 heavy (non-hydrogen) atoms. The van der Waals surface area contributed by atoms with E-state index < -0.39 is 0 Å². The highest BCUT2D eigenvalue weighted by Gasteiger charge is 2.19. The van der Waals surface area contributed by atoms with Crippen molar-refractivity contribution in [3.63, 3.8) is 0 Å². The number of fused-ring (bicyclic) bond motifs is 11. The van der Waals surface area contributed by atoms with Crippen LogP contribution in [-0.4, -0.2) is 9.97 Å². The highest BCUT2D eigenvalue weighted by atomic mass is 16.3. The first-order chi connectivity index (χ1) is 27.7. The summed E-state index contributed by atoms with van der Waals surface area (Å²) in [6, 6.07) is 64.0. The van der Waals surface area contributed by atoms with Crippen molar-refractivity contribution < 1.29 is 8.83 Å². The zero-order valence-corrected chi connectivity index (χ0v) is 30.0. The first kappa shape index (κ1) is 30.8. The average Bonchev–Trinajstić information content (AvgIpc) is 3.97. The van der Waals surface area contributed by atoms with E-state index >= 15 is 0 Å². The summed E-state index contributed by atoms with van der Waals surface area (Å²) in [6.45, 7) is 0. The number of benzene rings is 9. The molecule has 0 atom stereocenters. The second-order valence-electron chi connectivity index (χ2n) is 14.5. The minimum atomic E-state index is 0.604. The maximum atomic E-state index is 6.70. The maximum absolute atomic E-state index is 6.70. The van der Waals surface area contributed by atoms with E-state index in [1.54, 1.807) is 0 Å². The molecule has 12 rings (SSSR count). The summed E-state index contributed by atoms with van der Waals surface area (Å²) in [7, 11) is 0. The molecule has 1 N–H and O–H groups in total. The van der Waals surface area contributed by atoms with Gasteiger partial charge in [-0.05, 0) is 94.0 Å². The number of furan rings is 1. The van der Waals surface area contributed by atoms with Crippen LogP contribution in [0.4, 0.5) is 17.1 Å². The molecule has 0 saturated heterocycles. The molecule has 0 fully saturated rings. The molecule has 12 aromatic rings. The van der Waals surface area contributed by atoms with Gasteiger partial charge in [0.2, 0.25) is 5.89 Å². The maximum Gasteiger partial charge on any atom is 0.227 e. The summed E-state index contributed by atoms with van der Waals surface area (Å²) in [5, 5.41) is 8.97. The molecule has 3 heterocycles. The fourth-order valence-corrected chi connectivity index (χ4v) is 8.49. The Morgan fingerprint density at radius 3 is 1.93 bits per heavy atom. The molecular weight excluding hydrogens is 687 g/mol. The molecule has 0 aliphatic heterocycles. The number of hydrogen-bond acceptors (Lipinski definition) is 4. The minimum absolute atomic E-state index is 0.604. The monoisotopic (exact) mass is 717 g/mol. The van der Waals surface area contributed by atoms with Crippen LogP contribution in [0.1, 0.15) is 0 Å². The molecule has 3 aromatic heterocycles. The van der Waals surface area contributed by atoms with Gasteiger partial charge in [0.15, 0.2) is 5.58 Å². The van der Waals surface area contributed by atoms with Crippen molar-refractivity contribution in [1.82, 2.24) is 9.97 Å². The van der Waals surface area contributed by atoms with Crippen molar-refractivity contribution in [3.8, 4) is 22.6 Å². The standard InChI is InChI=1S/C51H31N3O2/c1-2-8-31(9-3-1)32-14-18-35(19-15-32)51-53-45-27-21-34-17-16-33-20-22-36(28-43(33)49(34)50(45)56-51)54(37-23-25-40-39-10-4-6-12-44(39)52-46(40)29-37)38-24-26-42-41-11-5-7-13-47(41)55-48(42)30-38/h1-30,52H. The smallest absolute Gasteiger partial charge is 0.227 e. The molecular formula is C51H31N3O2. The Labute approximate surface area is 320 Å². The Morgan fingerprint density at radius 2 is 1.04 bits per heavy atom. The van der Waals surface area contributed by atoms with Crippen LogP contribution < -0.4 is 4.90 Å². The van der Waals surface area contributed by atoms with Crippen LogP contribution in [0, 0.1) is 0 Å². The molecule has 0 bridgehead atoms. The predicted octanol–water partition coefficient (Wildman–Crippen LogP) is 14.5. The lowest BCUT2D eigenvalue weighted by molar-refractivity contribution is 0.623. The number of anilines is 3. The fraction of sp³-hybridized carbons (Fsp3) is 0. The highest BCUT2D eigenvalue weighted by molar-refractivity contribution is 6.19. The lowest BCUT2D eigenvalue weighted by Crippen LogP contribution is -2.09. The fourth-order valence-electron chi connectivity index (χ4n) is 8.49. The number of nitrogens with one attached hydrogen (secondary N) is 1. The summed E-state index contributed by atoms with van der Waals surface area (Å²) in [4.78, 5) is 11.0. The lowest BCUT2D eigenvalue weighted by atomic mass is 10.00. The molecule has 5 heteroatoms. The van der Waals surface area contributed by atoms with Crippen LogP contribution in [0.15, 0.2) is 191 Å². The molecule has 0 spiro atoms. The number of rotatable bonds is 5. The van der Waals surface area contributed by atoms with E-state index in [0.29, 0.717) is 5.89 Å². The van der Waals surface area contributed by atoms with Crippen molar-refractivity contribution in [2.75, 3.05) is 4.90 Å². The molecule has 0 aliphatic rings. The van der Waals surface area contributed by atoms with Crippen LogP contribution >= 0.6 is 0 Å². The Morgan fingerprint density at radius 1 is 0.411 bits per heavy atom. The van der Waals surface area contributed by atoms with Gasteiger partial charge in [0.25, 0.3) is 0 Å². The van der Waals surface area contributed by atoms with Crippen molar-refractivity contribution in [2.24, 2.45) is 0 Å². The van der Waals surface area contributed by atoms with Crippen LogP contribution in [-0.2, 0) is 0 Å². The van der Waals surface area contributed by atoms with Gasteiger partial charge < -0.3 is 18.7 Å². The number of para-hydroxylation sites is 2. The molecule has 0 radical (unpaired) electrons. The van der Waals surface area contributed by atoms with Crippen molar-refractivity contribution in [3.05, 3.63) is 182 Å². The van der Waals surface area contributed by atoms with Crippen molar-refractivity contribution in [1.29, 1.82) is 0 Å². The number of aromatic nitrogens is 2. The van der Waals surface area contributed by atoms with Gasteiger partial charge in [0.1, 0.15) is 16.7 Å². The molecule has 5 nitrogen and oxygen atoms in total. The Bertz CT molecular complexity index is 3370. The van der Waals surface area contributed by atoms with E-state index in [2.05, 4.69) is 174 Å². The lowest BCUT2D eigenvalue weighted by Gasteiger charge is -2.26. The van der Waals surface area contributed by atoms with Crippen molar-refractivity contribution in [2.45, 2.75) is 0 Å². The second kappa shape index (κ2) is 11.9. The molecule has 9 aromatic carbocycles. The minimum Gasteiger partial charge on any atom is -0.456 e. The molecule has 0 amide bonds. The second-order valence-corrected chi connectivity index (χ2v) is 14.5. The number of H-pyrrole nitrogens is 1. The number of oxazole rings is 1. The Kier molecular flexibility index (Phi) is 6.56. The van der Waals surface area contributed by atoms with Gasteiger partial charge in [-0.2, -0.15) is 0 Å². The van der Waals surface area contributed by atoms with Crippen LogP contribution in [0.2, 0.25) is 0 Å². The van der Waals surface area contributed by atoms with E-state index in [1.165, 1.54) is 16.3 Å². The van der Waals surface area contributed by atoms with Gasteiger partial charge >= 0.3 is 0 Å². The summed E-state index contributed by atoms with van der Waals surface area (Å²) < 4.78 is 13.1. The number of hydrogen-bond donors (Lipinski definition) is 1. The van der Waals surface area contributed by atoms with E-state index in [1.807, 2.05) is 18.2 Å². The van der Waals surface area contributed by atoms with E-state index in [0.717, 1.165) is 93.8 Å². The highest BCUT2D eigenvalue weighted by Crippen LogP contribution is 2.43. The summed E-state index contributed by atoms with van der Waals surface area (Å²) in [5.74, 6) is 0.604. The van der Waals surface area contributed by atoms with E-state index in [-0.39, 0.29) is 0 Å². The first-order valence-corrected chi connectivity index (χ1v) is 18.9. The third kappa shape index (κ3) is 4.78. The molecule has 0 aliphatic carbocycles. The average molecular weight is 718 g/mol. The quantitative estimate of drug-likeness (QED) is 0.180. The predicted molar refractivity (Wildman–Crippen MR) is 231 cm³/mol. The van der Waals surface area contributed by atoms with Crippen molar-refractivity contribution >= 4 is 93.5 Å². The van der Waals surface area contributed by atoms with Gasteiger partial charge in [-0.25, -0.2) is 4.98 Å². The summed E-state index contributed by atoms with van der Waals surface area (Å²) >= 11 is 0. The van der Waals surface area contributed by atoms with Gasteiger partial charge in [-0.15, -0.1) is 0 Å². The first-order valence-electron chi connectivity index (χ1n) is 18.9. The summed E-state index contributed by atoms with van der Waals surface area (Å²) in [5.41, 5.74) is 11.9. The van der Waals surface area contributed by atoms with Gasteiger partial charge in [-0.1, -0.05) is 109 Å². The largest absolute Gasteiger partial charge is 0.456 e. The Balaban J connectivity index is 1.05. The van der Waals surface area contributed by atoms with Gasteiger partial charge in [0.05, 0.1) is 0 Å².